The first kappa shape index (κ1) is 21.3. The summed E-state index contributed by atoms with van der Waals surface area (Å²) in [4.78, 5) is 44.4. The number of benzene rings is 3. The van der Waals surface area contributed by atoms with Gasteiger partial charge in [0.25, 0.3) is 17.7 Å². The highest BCUT2D eigenvalue weighted by atomic mass is 16.2. The number of fused-ring (bicyclic) bond motifs is 1. The van der Waals surface area contributed by atoms with E-state index in [0.29, 0.717) is 11.1 Å². The topological polar surface area (TPSA) is 79.4 Å². The van der Waals surface area contributed by atoms with Crippen LogP contribution in [0.25, 0.3) is 0 Å². The third-order valence-electron chi connectivity index (χ3n) is 5.86. The Balaban J connectivity index is 1.41. The van der Waals surface area contributed by atoms with Gasteiger partial charge in [0, 0.05) is 18.0 Å². The molecular weight excluding hydrogens is 426 g/mol. The van der Waals surface area contributed by atoms with Gasteiger partial charge in [0.2, 0.25) is 0 Å². The minimum Gasteiger partial charge on any atom is -0.341 e. The van der Waals surface area contributed by atoms with Crippen LogP contribution < -0.4 is 5.32 Å². The quantitative estimate of drug-likeness (QED) is 0.445. The van der Waals surface area contributed by atoms with E-state index in [1.807, 2.05) is 72.8 Å². The number of imide groups is 1. The molecule has 2 heterocycles. The number of carbonyl (C=O) groups excluding carboxylic acids is 3. The van der Waals surface area contributed by atoms with Gasteiger partial charge in [0.05, 0.1) is 23.7 Å². The highest BCUT2D eigenvalue weighted by Gasteiger charge is 2.36. The van der Waals surface area contributed by atoms with Gasteiger partial charge in [-0.25, -0.2) is 0 Å². The molecule has 5 rings (SSSR count). The molecule has 6 nitrogen and oxygen atoms in total. The van der Waals surface area contributed by atoms with E-state index in [2.05, 4.69) is 10.3 Å². The molecule has 1 aromatic heterocycles. The number of amides is 3. The lowest BCUT2D eigenvalue weighted by molar-refractivity contribution is 0.0642. The number of carbonyl (C=O) groups is 3. The van der Waals surface area contributed by atoms with Gasteiger partial charge in [0.1, 0.15) is 0 Å². The first-order valence-corrected chi connectivity index (χ1v) is 10.9. The van der Waals surface area contributed by atoms with Crippen LogP contribution in [0, 0.1) is 0 Å². The lowest BCUT2D eigenvalue weighted by atomic mass is 9.98. The van der Waals surface area contributed by atoms with Crippen molar-refractivity contribution in [2.45, 2.75) is 12.6 Å². The van der Waals surface area contributed by atoms with E-state index in [9.17, 15) is 14.4 Å². The van der Waals surface area contributed by atoms with E-state index < -0.39 is 11.9 Å². The van der Waals surface area contributed by atoms with Crippen LogP contribution in [0.1, 0.15) is 53.8 Å². The summed E-state index contributed by atoms with van der Waals surface area (Å²) in [6.07, 6.45) is 3.36. The lowest BCUT2D eigenvalue weighted by Gasteiger charge is -2.20. The smallest absolute Gasteiger partial charge is 0.261 e. The predicted molar refractivity (Wildman–Crippen MR) is 127 cm³/mol. The number of pyridine rings is 1. The molecule has 0 aliphatic carbocycles. The fraction of sp³-hybridized carbons (Fsp3) is 0.0714. The fourth-order valence-electron chi connectivity index (χ4n) is 4.12. The van der Waals surface area contributed by atoms with Gasteiger partial charge in [-0.1, -0.05) is 60.7 Å². The Morgan fingerprint density at radius 3 is 2.09 bits per heavy atom. The molecule has 0 fully saturated rings. The summed E-state index contributed by atoms with van der Waals surface area (Å²) in [5, 5.41) is 3.06. The Kier molecular flexibility index (Phi) is 5.70. The molecule has 6 heteroatoms. The summed E-state index contributed by atoms with van der Waals surface area (Å²) in [6.45, 7) is 0.187. The van der Waals surface area contributed by atoms with E-state index in [-0.39, 0.29) is 23.9 Å². The van der Waals surface area contributed by atoms with Crippen molar-refractivity contribution in [3.05, 3.63) is 137 Å². The number of hydrogen-bond acceptors (Lipinski definition) is 4. The molecule has 0 spiro atoms. The summed E-state index contributed by atoms with van der Waals surface area (Å²) in [5.74, 6) is -1.09. The van der Waals surface area contributed by atoms with Crippen molar-refractivity contribution >= 4 is 17.7 Å². The molecular formula is C28H21N3O3. The second-order valence-electron chi connectivity index (χ2n) is 8.04. The zero-order chi connectivity index (χ0) is 23.5. The van der Waals surface area contributed by atoms with Crippen molar-refractivity contribution in [1.29, 1.82) is 0 Å². The molecule has 34 heavy (non-hydrogen) atoms. The van der Waals surface area contributed by atoms with Gasteiger partial charge in [-0.3, -0.25) is 24.3 Å². The second kappa shape index (κ2) is 9.11. The maximum atomic E-state index is 13.2. The second-order valence-corrected chi connectivity index (χ2v) is 8.04. The van der Waals surface area contributed by atoms with Crippen molar-refractivity contribution < 1.29 is 14.4 Å². The number of hydrogen-bond donors (Lipinski definition) is 1. The summed E-state index contributed by atoms with van der Waals surface area (Å²) in [7, 11) is 0. The van der Waals surface area contributed by atoms with Crippen LogP contribution in [-0.4, -0.2) is 27.6 Å². The lowest BCUT2D eigenvalue weighted by Crippen LogP contribution is -2.29. The molecule has 4 aromatic rings. The molecule has 0 radical (unpaired) electrons. The van der Waals surface area contributed by atoms with E-state index in [4.69, 9.17) is 0 Å². The normalized spacial score (nSPS) is 13.5. The first-order valence-electron chi connectivity index (χ1n) is 10.9. The Morgan fingerprint density at radius 1 is 0.765 bits per heavy atom. The summed E-state index contributed by atoms with van der Waals surface area (Å²) in [5.41, 5.74) is 3.54. The first-order chi connectivity index (χ1) is 16.6. The summed E-state index contributed by atoms with van der Waals surface area (Å²) in [6, 6.07) is 26.9. The van der Waals surface area contributed by atoms with Gasteiger partial charge in [-0.05, 0) is 47.0 Å². The van der Waals surface area contributed by atoms with Crippen molar-refractivity contribution in [2.24, 2.45) is 0 Å². The summed E-state index contributed by atoms with van der Waals surface area (Å²) < 4.78 is 0. The van der Waals surface area contributed by atoms with Gasteiger partial charge < -0.3 is 5.32 Å². The van der Waals surface area contributed by atoms with Crippen LogP contribution in [0.3, 0.4) is 0 Å². The number of aromatic nitrogens is 1. The molecule has 0 saturated heterocycles. The number of nitrogens with zero attached hydrogens (tertiary/aromatic N) is 2. The van der Waals surface area contributed by atoms with Crippen LogP contribution >= 0.6 is 0 Å². The van der Waals surface area contributed by atoms with Crippen molar-refractivity contribution in [2.75, 3.05) is 0 Å². The molecule has 0 saturated carbocycles. The number of rotatable bonds is 6. The highest BCUT2D eigenvalue weighted by Crippen LogP contribution is 2.27. The Bertz CT molecular complexity index is 1320. The molecule has 3 aromatic carbocycles. The maximum absolute atomic E-state index is 13.2. The minimum atomic E-state index is -0.396. The zero-order valence-corrected chi connectivity index (χ0v) is 18.2. The zero-order valence-electron chi connectivity index (χ0n) is 18.2. The Hall–Kier alpha value is -4.58. The van der Waals surface area contributed by atoms with Crippen LogP contribution in [-0.2, 0) is 6.54 Å². The van der Waals surface area contributed by atoms with Gasteiger partial charge in [0.15, 0.2) is 0 Å². The van der Waals surface area contributed by atoms with Crippen molar-refractivity contribution in [1.82, 2.24) is 15.2 Å². The van der Waals surface area contributed by atoms with E-state index in [1.165, 1.54) is 11.0 Å². The molecule has 1 aliphatic rings. The molecule has 1 aliphatic heterocycles. The number of nitrogens with one attached hydrogen (secondary N) is 1. The van der Waals surface area contributed by atoms with Crippen molar-refractivity contribution in [3.8, 4) is 0 Å². The molecule has 1 atom stereocenters. The predicted octanol–water partition coefficient (Wildman–Crippen LogP) is 4.40. The van der Waals surface area contributed by atoms with Crippen LogP contribution in [0.4, 0.5) is 0 Å². The minimum absolute atomic E-state index is 0.187. The largest absolute Gasteiger partial charge is 0.341 e. The van der Waals surface area contributed by atoms with Crippen LogP contribution in [0.2, 0.25) is 0 Å². The van der Waals surface area contributed by atoms with Gasteiger partial charge in [-0.2, -0.15) is 0 Å². The molecule has 166 valence electrons. The van der Waals surface area contributed by atoms with Gasteiger partial charge >= 0.3 is 0 Å². The monoisotopic (exact) mass is 447 g/mol. The fourth-order valence-corrected chi connectivity index (χ4v) is 4.12. The Labute approximate surface area is 196 Å². The van der Waals surface area contributed by atoms with Crippen molar-refractivity contribution in [3.63, 3.8) is 0 Å². The van der Waals surface area contributed by atoms with E-state index in [0.717, 1.165) is 16.7 Å². The van der Waals surface area contributed by atoms with Gasteiger partial charge in [-0.15, -0.1) is 0 Å². The third-order valence-corrected chi connectivity index (χ3v) is 5.86. The molecule has 3 amide bonds. The van der Waals surface area contributed by atoms with E-state index >= 15 is 0 Å². The SMILES string of the molecule is O=C(NC(c1ccccc1)c1ccncc1)c1ccc2c(c1)C(=O)N(Cc1ccccc1)C2=O. The average Bonchev–Trinajstić information content (AvgIpc) is 3.13. The molecule has 1 N–H and O–H groups in total. The highest BCUT2D eigenvalue weighted by molar-refractivity contribution is 6.22. The van der Waals surface area contributed by atoms with Crippen LogP contribution in [0.5, 0.6) is 0 Å². The van der Waals surface area contributed by atoms with Crippen LogP contribution in [0.15, 0.2) is 103 Å². The summed E-state index contributed by atoms with van der Waals surface area (Å²) >= 11 is 0. The maximum Gasteiger partial charge on any atom is 0.261 e. The standard InChI is InChI=1S/C28H21N3O3/c32-26(30-25(20-9-5-2-6-10-20)21-13-15-29-16-14-21)22-11-12-23-24(17-22)28(34)31(27(23)33)18-19-7-3-1-4-8-19/h1-17,25H,18H2,(H,30,32). The molecule has 1 unspecified atom stereocenters. The third kappa shape index (κ3) is 4.09. The molecule has 0 bridgehead atoms. The van der Waals surface area contributed by atoms with E-state index in [1.54, 1.807) is 24.5 Å². The average molecular weight is 447 g/mol. The Morgan fingerprint density at radius 2 is 1.38 bits per heavy atom.